The number of rotatable bonds is 6. The summed E-state index contributed by atoms with van der Waals surface area (Å²) in [6, 6.07) is 1.96. The summed E-state index contributed by atoms with van der Waals surface area (Å²) in [7, 11) is 1.86. The van der Waals surface area contributed by atoms with Gasteiger partial charge in [0.15, 0.2) is 0 Å². The predicted octanol–water partition coefficient (Wildman–Crippen LogP) is 1.95. The average Bonchev–Trinajstić information content (AvgIpc) is 3.04. The van der Waals surface area contributed by atoms with Gasteiger partial charge < -0.3 is 10.6 Å². The maximum absolute atomic E-state index is 11.8. The highest BCUT2D eigenvalue weighted by atomic mass is 16.2. The second kappa shape index (κ2) is 5.95. The van der Waals surface area contributed by atoms with Gasteiger partial charge in [-0.05, 0) is 37.1 Å². The maximum atomic E-state index is 11.8. The molecule has 1 aliphatic rings. The number of amides is 1. The van der Waals surface area contributed by atoms with Gasteiger partial charge in [-0.15, -0.1) is 0 Å². The van der Waals surface area contributed by atoms with Crippen molar-refractivity contribution in [2.45, 2.75) is 40.0 Å². The number of carbonyl (C=O) groups excluding carboxylic acids is 1. The fraction of sp³-hybridized carbons (Fsp3) is 0.733. The molecule has 2 rings (SSSR count). The number of nitrogens with one attached hydrogen (secondary N) is 2. The number of anilines is 1. The molecule has 1 saturated carbocycles. The first-order valence-electron chi connectivity index (χ1n) is 7.37. The van der Waals surface area contributed by atoms with E-state index in [2.05, 4.69) is 36.5 Å². The Morgan fingerprint density at radius 2 is 2.15 bits per heavy atom. The van der Waals surface area contributed by atoms with Gasteiger partial charge in [-0.3, -0.25) is 9.48 Å². The lowest BCUT2D eigenvalue weighted by atomic mass is 9.91. The summed E-state index contributed by atoms with van der Waals surface area (Å²) < 4.78 is 1.74. The Labute approximate surface area is 121 Å². The van der Waals surface area contributed by atoms with E-state index in [1.807, 2.05) is 13.1 Å². The zero-order valence-corrected chi connectivity index (χ0v) is 13.0. The van der Waals surface area contributed by atoms with Crippen molar-refractivity contribution in [3.8, 4) is 0 Å². The van der Waals surface area contributed by atoms with Crippen LogP contribution in [0.25, 0.3) is 0 Å². The standard InChI is InChI=1S/C15H26N4O/c1-15(2,3)8-12-7-13(19(4)18-12)17-14(20)10-16-9-11-5-6-11/h7,11,16H,5-6,8-10H2,1-4H3,(H,17,20). The molecule has 112 valence electrons. The lowest BCUT2D eigenvalue weighted by molar-refractivity contribution is -0.115. The average molecular weight is 278 g/mol. The first-order valence-corrected chi connectivity index (χ1v) is 7.37. The predicted molar refractivity (Wildman–Crippen MR) is 80.6 cm³/mol. The van der Waals surface area contributed by atoms with Crippen molar-refractivity contribution < 1.29 is 4.79 Å². The van der Waals surface area contributed by atoms with Gasteiger partial charge in [0.1, 0.15) is 5.82 Å². The number of aromatic nitrogens is 2. The number of nitrogens with zero attached hydrogens (tertiary/aromatic N) is 2. The van der Waals surface area contributed by atoms with Gasteiger partial charge in [-0.2, -0.15) is 5.10 Å². The van der Waals surface area contributed by atoms with E-state index in [-0.39, 0.29) is 11.3 Å². The zero-order chi connectivity index (χ0) is 14.8. The number of hydrogen-bond acceptors (Lipinski definition) is 3. The Balaban J connectivity index is 1.83. The zero-order valence-electron chi connectivity index (χ0n) is 13.0. The van der Waals surface area contributed by atoms with Crippen LogP contribution < -0.4 is 10.6 Å². The molecule has 0 aliphatic heterocycles. The second-order valence-electron chi connectivity index (χ2n) is 7.00. The van der Waals surface area contributed by atoms with Gasteiger partial charge in [-0.25, -0.2) is 0 Å². The van der Waals surface area contributed by atoms with Crippen molar-refractivity contribution >= 4 is 11.7 Å². The monoisotopic (exact) mass is 278 g/mol. The number of carbonyl (C=O) groups is 1. The fourth-order valence-electron chi connectivity index (χ4n) is 2.17. The summed E-state index contributed by atoms with van der Waals surface area (Å²) >= 11 is 0. The number of hydrogen-bond donors (Lipinski definition) is 2. The van der Waals surface area contributed by atoms with Gasteiger partial charge >= 0.3 is 0 Å². The molecule has 0 radical (unpaired) electrons. The van der Waals surface area contributed by atoms with E-state index in [0.717, 1.165) is 30.4 Å². The molecule has 5 nitrogen and oxygen atoms in total. The third kappa shape index (κ3) is 4.96. The van der Waals surface area contributed by atoms with E-state index in [1.165, 1.54) is 12.8 Å². The Kier molecular flexibility index (Phi) is 4.48. The first-order chi connectivity index (χ1) is 9.33. The fourth-order valence-corrected chi connectivity index (χ4v) is 2.17. The van der Waals surface area contributed by atoms with Gasteiger partial charge in [-0.1, -0.05) is 20.8 Å². The van der Waals surface area contributed by atoms with Crippen LogP contribution in [0, 0.1) is 11.3 Å². The SMILES string of the molecule is Cn1nc(CC(C)(C)C)cc1NC(=O)CNCC1CC1. The molecule has 0 unspecified atom stereocenters. The molecule has 1 aromatic rings. The topological polar surface area (TPSA) is 59.0 Å². The molecule has 1 amide bonds. The molecule has 0 aromatic carbocycles. The summed E-state index contributed by atoms with van der Waals surface area (Å²) in [6.07, 6.45) is 3.50. The van der Waals surface area contributed by atoms with E-state index < -0.39 is 0 Å². The van der Waals surface area contributed by atoms with Crippen LogP contribution in [-0.2, 0) is 18.3 Å². The summed E-state index contributed by atoms with van der Waals surface area (Å²) in [6.45, 7) is 7.87. The van der Waals surface area contributed by atoms with Crippen LogP contribution in [0.3, 0.4) is 0 Å². The van der Waals surface area contributed by atoms with E-state index in [0.29, 0.717) is 6.54 Å². The highest BCUT2D eigenvalue weighted by Gasteiger charge is 2.21. The second-order valence-corrected chi connectivity index (χ2v) is 7.00. The molecule has 1 aliphatic carbocycles. The third-order valence-corrected chi connectivity index (χ3v) is 3.32. The van der Waals surface area contributed by atoms with Crippen LogP contribution in [0.15, 0.2) is 6.07 Å². The van der Waals surface area contributed by atoms with Crippen molar-refractivity contribution in [3.05, 3.63) is 11.8 Å². The Bertz CT molecular complexity index is 469. The molecule has 2 N–H and O–H groups in total. The molecule has 1 aromatic heterocycles. The highest BCUT2D eigenvalue weighted by Crippen LogP contribution is 2.27. The molecule has 0 saturated heterocycles. The van der Waals surface area contributed by atoms with E-state index in [4.69, 9.17) is 0 Å². The Morgan fingerprint density at radius 3 is 2.75 bits per heavy atom. The van der Waals surface area contributed by atoms with E-state index in [9.17, 15) is 4.79 Å². The summed E-state index contributed by atoms with van der Waals surface area (Å²) in [5.74, 6) is 1.55. The third-order valence-electron chi connectivity index (χ3n) is 3.32. The van der Waals surface area contributed by atoms with Crippen LogP contribution in [0.2, 0.25) is 0 Å². The number of aryl methyl sites for hydroxylation is 1. The first kappa shape index (κ1) is 15.0. The molecule has 0 atom stereocenters. The lowest BCUT2D eigenvalue weighted by Gasteiger charge is -2.15. The Hall–Kier alpha value is -1.36. The van der Waals surface area contributed by atoms with Crippen LogP contribution in [0.4, 0.5) is 5.82 Å². The molecule has 1 heterocycles. The van der Waals surface area contributed by atoms with Crippen molar-refractivity contribution in [2.24, 2.45) is 18.4 Å². The van der Waals surface area contributed by atoms with Gasteiger partial charge in [0.2, 0.25) is 5.91 Å². The van der Waals surface area contributed by atoms with Crippen molar-refractivity contribution in [3.63, 3.8) is 0 Å². The molecule has 1 fully saturated rings. The molecule has 0 spiro atoms. The summed E-state index contributed by atoms with van der Waals surface area (Å²) in [4.78, 5) is 11.8. The van der Waals surface area contributed by atoms with E-state index >= 15 is 0 Å². The van der Waals surface area contributed by atoms with Crippen molar-refractivity contribution in [1.29, 1.82) is 0 Å². The molecule has 5 heteroatoms. The van der Waals surface area contributed by atoms with Crippen LogP contribution >= 0.6 is 0 Å². The molecule has 20 heavy (non-hydrogen) atoms. The summed E-state index contributed by atoms with van der Waals surface area (Å²) in [5, 5.41) is 10.5. The van der Waals surface area contributed by atoms with Gasteiger partial charge in [0, 0.05) is 13.1 Å². The van der Waals surface area contributed by atoms with E-state index in [1.54, 1.807) is 4.68 Å². The van der Waals surface area contributed by atoms with Crippen LogP contribution in [0.5, 0.6) is 0 Å². The van der Waals surface area contributed by atoms with Gasteiger partial charge in [0.05, 0.1) is 12.2 Å². The van der Waals surface area contributed by atoms with Crippen molar-refractivity contribution in [2.75, 3.05) is 18.4 Å². The minimum Gasteiger partial charge on any atom is -0.310 e. The van der Waals surface area contributed by atoms with Crippen molar-refractivity contribution in [1.82, 2.24) is 15.1 Å². The molecular formula is C15H26N4O. The highest BCUT2D eigenvalue weighted by molar-refractivity contribution is 5.91. The Morgan fingerprint density at radius 1 is 1.45 bits per heavy atom. The molecular weight excluding hydrogens is 252 g/mol. The quantitative estimate of drug-likeness (QED) is 0.836. The van der Waals surface area contributed by atoms with Gasteiger partial charge in [0.25, 0.3) is 0 Å². The van der Waals surface area contributed by atoms with Crippen LogP contribution in [0.1, 0.15) is 39.3 Å². The molecule has 0 bridgehead atoms. The largest absolute Gasteiger partial charge is 0.310 e. The summed E-state index contributed by atoms with van der Waals surface area (Å²) in [5.41, 5.74) is 1.21. The minimum absolute atomic E-state index is 0.00374. The lowest BCUT2D eigenvalue weighted by Crippen LogP contribution is -2.30. The maximum Gasteiger partial charge on any atom is 0.239 e. The normalized spacial score (nSPS) is 15.4. The minimum atomic E-state index is -0.00374. The smallest absolute Gasteiger partial charge is 0.239 e. The van der Waals surface area contributed by atoms with Crippen LogP contribution in [-0.4, -0.2) is 28.8 Å².